The maximum absolute atomic E-state index is 11.6. The zero-order valence-corrected chi connectivity index (χ0v) is 9.78. The highest BCUT2D eigenvalue weighted by Crippen LogP contribution is 2.03. The van der Waals surface area contributed by atoms with E-state index in [4.69, 9.17) is 9.15 Å². The number of carbonyl (C=O) groups is 1. The van der Waals surface area contributed by atoms with Crippen molar-refractivity contribution in [1.82, 2.24) is 10.6 Å². The molecule has 0 saturated carbocycles. The van der Waals surface area contributed by atoms with Crippen molar-refractivity contribution >= 4 is 5.91 Å². The lowest BCUT2D eigenvalue weighted by Gasteiger charge is -2.23. The van der Waals surface area contributed by atoms with Gasteiger partial charge in [-0.1, -0.05) is 0 Å². The van der Waals surface area contributed by atoms with Crippen LogP contribution in [-0.2, 0) is 16.0 Å². The first kappa shape index (κ1) is 12.1. The molecule has 1 aromatic heterocycles. The van der Waals surface area contributed by atoms with Crippen LogP contribution in [0.1, 0.15) is 12.2 Å². The maximum atomic E-state index is 11.6. The van der Waals surface area contributed by atoms with Gasteiger partial charge in [0.1, 0.15) is 5.76 Å². The van der Waals surface area contributed by atoms with E-state index in [1.54, 1.807) is 6.26 Å². The summed E-state index contributed by atoms with van der Waals surface area (Å²) in [5.74, 6) is 0.881. The summed E-state index contributed by atoms with van der Waals surface area (Å²) in [4.78, 5) is 11.6. The van der Waals surface area contributed by atoms with Crippen LogP contribution in [-0.4, -0.2) is 38.3 Å². The third-order valence-corrected chi connectivity index (χ3v) is 2.71. The van der Waals surface area contributed by atoms with Crippen molar-refractivity contribution < 1.29 is 13.9 Å². The van der Waals surface area contributed by atoms with Crippen LogP contribution in [0.15, 0.2) is 22.8 Å². The van der Waals surface area contributed by atoms with Crippen LogP contribution in [0.25, 0.3) is 0 Å². The van der Waals surface area contributed by atoms with Crippen molar-refractivity contribution in [3.05, 3.63) is 24.2 Å². The van der Waals surface area contributed by atoms with Gasteiger partial charge in [0.25, 0.3) is 0 Å². The zero-order valence-electron chi connectivity index (χ0n) is 9.78. The van der Waals surface area contributed by atoms with E-state index in [1.807, 2.05) is 12.1 Å². The number of furan rings is 1. The number of morpholine rings is 1. The lowest BCUT2D eigenvalue weighted by atomic mass is 10.2. The molecule has 0 aromatic carbocycles. The molecule has 2 heterocycles. The lowest BCUT2D eigenvalue weighted by Crippen LogP contribution is -2.45. The Balaban J connectivity index is 1.60. The summed E-state index contributed by atoms with van der Waals surface area (Å²) in [6.45, 7) is 2.98. The number of aryl methyl sites for hydroxylation is 1. The Morgan fingerprint density at radius 2 is 2.53 bits per heavy atom. The van der Waals surface area contributed by atoms with Crippen LogP contribution in [0, 0.1) is 0 Å². The van der Waals surface area contributed by atoms with E-state index in [2.05, 4.69) is 10.6 Å². The molecule has 0 aliphatic carbocycles. The minimum atomic E-state index is 0.0376. The predicted molar refractivity (Wildman–Crippen MR) is 62.6 cm³/mol. The quantitative estimate of drug-likeness (QED) is 0.775. The number of hydrogen-bond donors (Lipinski definition) is 2. The molecule has 5 nitrogen and oxygen atoms in total. The number of nitrogens with one attached hydrogen (secondary N) is 2. The van der Waals surface area contributed by atoms with E-state index < -0.39 is 0 Å². The molecular formula is C12H18N2O3. The molecule has 1 aromatic rings. The molecule has 1 aliphatic heterocycles. The first-order valence-corrected chi connectivity index (χ1v) is 5.96. The fourth-order valence-electron chi connectivity index (χ4n) is 1.76. The number of ether oxygens (including phenoxy) is 1. The number of carbonyl (C=O) groups excluding carboxylic acids is 1. The lowest BCUT2D eigenvalue weighted by molar-refractivity contribution is -0.121. The summed E-state index contributed by atoms with van der Waals surface area (Å²) >= 11 is 0. The standard InChI is InChI=1S/C12H18N2O3/c15-12(4-3-10-2-1-6-16-10)14-9-11-8-13-5-7-17-11/h1-2,6,11,13H,3-5,7-9H2,(H,14,15). The third-order valence-electron chi connectivity index (χ3n) is 2.71. The Hall–Kier alpha value is -1.33. The van der Waals surface area contributed by atoms with Crippen LogP contribution < -0.4 is 10.6 Å². The van der Waals surface area contributed by atoms with Gasteiger partial charge in [-0.3, -0.25) is 4.79 Å². The SMILES string of the molecule is O=C(CCc1ccco1)NCC1CNCCO1. The molecular weight excluding hydrogens is 220 g/mol. The normalized spacial score (nSPS) is 20.1. The summed E-state index contributed by atoms with van der Waals surface area (Å²) in [6.07, 6.45) is 2.81. The van der Waals surface area contributed by atoms with Crippen molar-refractivity contribution in [1.29, 1.82) is 0 Å². The molecule has 1 atom stereocenters. The molecule has 1 aliphatic rings. The van der Waals surface area contributed by atoms with E-state index in [0.717, 1.165) is 18.8 Å². The molecule has 2 N–H and O–H groups in total. The largest absolute Gasteiger partial charge is 0.469 e. The van der Waals surface area contributed by atoms with Gasteiger partial charge in [0.15, 0.2) is 0 Å². The van der Waals surface area contributed by atoms with E-state index >= 15 is 0 Å². The van der Waals surface area contributed by atoms with Gasteiger partial charge in [-0.2, -0.15) is 0 Å². The molecule has 94 valence electrons. The minimum absolute atomic E-state index is 0.0376. The van der Waals surface area contributed by atoms with Crippen LogP contribution >= 0.6 is 0 Å². The predicted octanol–water partition coefficient (Wildman–Crippen LogP) is 0.317. The molecule has 1 unspecified atom stereocenters. The third kappa shape index (κ3) is 4.20. The van der Waals surface area contributed by atoms with Crippen LogP contribution in [0.3, 0.4) is 0 Å². The molecule has 0 spiro atoms. The first-order valence-electron chi connectivity index (χ1n) is 5.96. The highest BCUT2D eigenvalue weighted by Gasteiger charge is 2.14. The highest BCUT2D eigenvalue weighted by atomic mass is 16.5. The van der Waals surface area contributed by atoms with Crippen molar-refractivity contribution in [2.45, 2.75) is 18.9 Å². The second-order valence-corrected chi connectivity index (χ2v) is 4.08. The summed E-state index contributed by atoms with van der Waals surface area (Å²) < 4.78 is 10.6. The van der Waals surface area contributed by atoms with Gasteiger partial charge in [0.2, 0.25) is 5.91 Å². The van der Waals surface area contributed by atoms with Crippen molar-refractivity contribution in [3.8, 4) is 0 Å². The Bertz CT molecular complexity index is 332. The van der Waals surface area contributed by atoms with E-state index in [9.17, 15) is 4.79 Å². The average molecular weight is 238 g/mol. The summed E-state index contributed by atoms with van der Waals surface area (Å²) in [5.41, 5.74) is 0. The Labute approximate surface area is 101 Å². The van der Waals surface area contributed by atoms with Gasteiger partial charge in [0, 0.05) is 32.5 Å². The highest BCUT2D eigenvalue weighted by molar-refractivity contribution is 5.76. The number of hydrogen-bond acceptors (Lipinski definition) is 4. The topological polar surface area (TPSA) is 63.5 Å². The zero-order chi connectivity index (χ0) is 11.9. The number of rotatable bonds is 5. The van der Waals surface area contributed by atoms with Crippen LogP contribution in [0.4, 0.5) is 0 Å². The van der Waals surface area contributed by atoms with Gasteiger partial charge in [-0.25, -0.2) is 0 Å². The van der Waals surface area contributed by atoms with Crippen molar-refractivity contribution in [2.24, 2.45) is 0 Å². The molecule has 1 saturated heterocycles. The van der Waals surface area contributed by atoms with E-state index in [-0.39, 0.29) is 12.0 Å². The number of amides is 1. The Kier molecular flexibility index (Phi) is 4.58. The molecule has 0 bridgehead atoms. The van der Waals surface area contributed by atoms with Gasteiger partial charge in [-0.05, 0) is 12.1 Å². The second-order valence-electron chi connectivity index (χ2n) is 4.08. The van der Waals surface area contributed by atoms with Gasteiger partial charge in [-0.15, -0.1) is 0 Å². The molecule has 2 rings (SSSR count). The maximum Gasteiger partial charge on any atom is 0.220 e. The smallest absolute Gasteiger partial charge is 0.220 e. The van der Waals surface area contributed by atoms with Crippen molar-refractivity contribution in [3.63, 3.8) is 0 Å². The van der Waals surface area contributed by atoms with E-state index in [1.165, 1.54) is 0 Å². The Morgan fingerprint density at radius 3 is 3.24 bits per heavy atom. The molecule has 17 heavy (non-hydrogen) atoms. The molecule has 1 fully saturated rings. The Morgan fingerprint density at radius 1 is 1.59 bits per heavy atom. The van der Waals surface area contributed by atoms with Gasteiger partial charge < -0.3 is 19.8 Å². The van der Waals surface area contributed by atoms with Gasteiger partial charge >= 0.3 is 0 Å². The fraction of sp³-hybridized carbons (Fsp3) is 0.583. The fourth-order valence-corrected chi connectivity index (χ4v) is 1.76. The summed E-state index contributed by atoms with van der Waals surface area (Å²) in [6, 6.07) is 3.70. The second kappa shape index (κ2) is 6.42. The molecule has 5 heteroatoms. The monoisotopic (exact) mass is 238 g/mol. The molecule has 0 radical (unpaired) electrons. The van der Waals surface area contributed by atoms with Crippen LogP contribution in [0.5, 0.6) is 0 Å². The summed E-state index contributed by atoms with van der Waals surface area (Å²) in [7, 11) is 0. The first-order chi connectivity index (χ1) is 8.34. The summed E-state index contributed by atoms with van der Waals surface area (Å²) in [5, 5.41) is 6.09. The van der Waals surface area contributed by atoms with E-state index in [0.29, 0.717) is 26.0 Å². The van der Waals surface area contributed by atoms with Gasteiger partial charge in [0.05, 0.1) is 19.0 Å². The molecule has 1 amide bonds. The average Bonchev–Trinajstić information content (AvgIpc) is 2.88. The minimum Gasteiger partial charge on any atom is -0.469 e. The van der Waals surface area contributed by atoms with Crippen molar-refractivity contribution in [2.75, 3.05) is 26.2 Å². The van der Waals surface area contributed by atoms with Crippen LogP contribution in [0.2, 0.25) is 0 Å².